The summed E-state index contributed by atoms with van der Waals surface area (Å²) in [6.45, 7) is 0. The van der Waals surface area contributed by atoms with E-state index in [-0.39, 0.29) is 17.2 Å². The Bertz CT molecular complexity index is 612. The molecule has 0 amide bonds. The third-order valence-corrected chi connectivity index (χ3v) is 2.13. The van der Waals surface area contributed by atoms with Gasteiger partial charge in [0.2, 0.25) is 0 Å². The lowest BCUT2D eigenvalue weighted by Crippen LogP contribution is -2.07. The van der Waals surface area contributed by atoms with Crippen LogP contribution in [-0.4, -0.2) is 27.8 Å². The molecule has 6 nitrogen and oxygen atoms in total. The highest BCUT2D eigenvalue weighted by Gasteiger charge is 2.18. The zero-order valence-electron chi connectivity index (χ0n) is 9.22. The number of ether oxygens (including phenoxy) is 1. The Balaban J connectivity index is 2.49. The topological polar surface area (TPSA) is 83.0 Å². The van der Waals surface area contributed by atoms with Gasteiger partial charge in [0.15, 0.2) is 17.3 Å². The second-order valence-electron chi connectivity index (χ2n) is 3.33. The Kier molecular flexibility index (Phi) is 2.92. The van der Waals surface area contributed by atoms with Gasteiger partial charge >= 0.3 is 5.97 Å². The number of hydrogen-bond donors (Lipinski definition) is 1. The van der Waals surface area contributed by atoms with Gasteiger partial charge in [-0.2, -0.15) is 5.10 Å². The molecule has 0 fully saturated rings. The Morgan fingerprint density at radius 2 is 2.22 bits per heavy atom. The quantitative estimate of drug-likeness (QED) is 0.805. The minimum absolute atomic E-state index is 0.00683. The standard InChI is InChI=1S/C10H8F2N4O2/c1-18-10(17)8-7(13)4-16(15-8)9-6(12)2-5(11)3-14-9/h2-4H,13H2,1H3. The van der Waals surface area contributed by atoms with E-state index in [1.807, 2.05) is 0 Å². The third-order valence-electron chi connectivity index (χ3n) is 2.13. The van der Waals surface area contributed by atoms with E-state index in [2.05, 4.69) is 14.8 Å². The van der Waals surface area contributed by atoms with Gasteiger partial charge in [-0.15, -0.1) is 0 Å². The maximum absolute atomic E-state index is 13.4. The van der Waals surface area contributed by atoms with Gasteiger partial charge in [0.05, 0.1) is 25.2 Å². The van der Waals surface area contributed by atoms with Crippen LogP contribution >= 0.6 is 0 Å². The molecule has 18 heavy (non-hydrogen) atoms. The highest BCUT2D eigenvalue weighted by atomic mass is 19.1. The summed E-state index contributed by atoms with van der Waals surface area (Å²) in [5, 5.41) is 3.73. The lowest BCUT2D eigenvalue weighted by Gasteiger charge is -2.01. The van der Waals surface area contributed by atoms with Crippen LogP contribution < -0.4 is 5.73 Å². The first kappa shape index (κ1) is 12.0. The molecule has 0 atom stereocenters. The third kappa shape index (κ3) is 1.99. The fraction of sp³-hybridized carbons (Fsp3) is 0.100. The minimum Gasteiger partial charge on any atom is -0.464 e. The molecule has 0 saturated heterocycles. The fourth-order valence-corrected chi connectivity index (χ4v) is 1.33. The average molecular weight is 254 g/mol. The van der Waals surface area contributed by atoms with Crippen LogP contribution in [0.3, 0.4) is 0 Å². The molecule has 0 bridgehead atoms. The number of rotatable bonds is 2. The number of halogens is 2. The SMILES string of the molecule is COC(=O)c1nn(-c2ncc(F)cc2F)cc1N. The molecule has 0 aliphatic rings. The Morgan fingerprint density at radius 1 is 1.50 bits per heavy atom. The molecule has 2 rings (SSSR count). The molecule has 0 aliphatic heterocycles. The first-order chi connectivity index (χ1) is 8.52. The van der Waals surface area contributed by atoms with Crippen molar-refractivity contribution in [2.75, 3.05) is 12.8 Å². The van der Waals surface area contributed by atoms with Crippen LogP contribution in [0.5, 0.6) is 0 Å². The second kappa shape index (κ2) is 4.40. The van der Waals surface area contributed by atoms with E-state index < -0.39 is 17.6 Å². The lowest BCUT2D eigenvalue weighted by molar-refractivity contribution is 0.0594. The van der Waals surface area contributed by atoms with Crippen molar-refractivity contribution in [2.24, 2.45) is 0 Å². The fourth-order valence-electron chi connectivity index (χ4n) is 1.33. The van der Waals surface area contributed by atoms with Crippen LogP contribution in [0.25, 0.3) is 5.82 Å². The summed E-state index contributed by atoms with van der Waals surface area (Å²) >= 11 is 0. The second-order valence-corrected chi connectivity index (χ2v) is 3.33. The summed E-state index contributed by atoms with van der Waals surface area (Å²) in [5.41, 5.74) is 5.37. The number of nitrogens with zero attached hydrogens (tertiary/aromatic N) is 3. The predicted molar refractivity (Wildman–Crippen MR) is 57.0 cm³/mol. The minimum atomic E-state index is -0.922. The van der Waals surface area contributed by atoms with Crippen LogP contribution in [0.15, 0.2) is 18.5 Å². The van der Waals surface area contributed by atoms with Crippen molar-refractivity contribution >= 4 is 11.7 Å². The average Bonchev–Trinajstić information content (AvgIpc) is 2.70. The van der Waals surface area contributed by atoms with Crippen LogP contribution in [0, 0.1) is 11.6 Å². The first-order valence-electron chi connectivity index (χ1n) is 4.78. The van der Waals surface area contributed by atoms with Crippen molar-refractivity contribution in [3.05, 3.63) is 35.8 Å². The molecular weight excluding hydrogens is 246 g/mol. The number of nitrogens with two attached hydrogens (primary N) is 1. The molecule has 0 saturated carbocycles. The predicted octanol–water partition coefficient (Wildman–Crippen LogP) is 0.914. The van der Waals surface area contributed by atoms with Gasteiger partial charge < -0.3 is 10.5 Å². The molecule has 2 aromatic heterocycles. The van der Waals surface area contributed by atoms with E-state index in [1.165, 1.54) is 6.20 Å². The molecule has 0 radical (unpaired) electrons. The molecule has 94 valence electrons. The zero-order chi connectivity index (χ0) is 13.3. The normalized spacial score (nSPS) is 10.4. The van der Waals surface area contributed by atoms with Gasteiger partial charge in [-0.05, 0) is 0 Å². The number of hydrogen-bond acceptors (Lipinski definition) is 5. The van der Waals surface area contributed by atoms with E-state index in [0.29, 0.717) is 6.07 Å². The van der Waals surface area contributed by atoms with E-state index in [9.17, 15) is 13.6 Å². The molecule has 2 heterocycles. The van der Waals surface area contributed by atoms with Crippen molar-refractivity contribution in [3.63, 3.8) is 0 Å². The maximum Gasteiger partial charge on any atom is 0.360 e. The highest BCUT2D eigenvalue weighted by molar-refractivity contribution is 5.92. The summed E-state index contributed by atoms with van der Waals surface area (Å²) in [5.74, 6) is -2.76. The Morgan fingerprint density at radius 3 is 2.83 bits per heavy atom. The number of anilines is 1. The van der Waals surface area contributed by atoms with E-state index in [1.54, 1.807) is 0 Å². The van der Waals surface area contributed by atoms with Gasteiger partial charge in [-0.25, -0.2) is 23.2 Å². The number of pyridine rings is 1. The molecule has 2 aromatic rings. The molecule has 0 spiro atoms. The van der Waals surface area contributed by atoms with E-state index >= 15 is 0 Å². The maximum atomic E-state index is 13.4. The molecule has 2 N–H and O–H groups in total. The Hall–Kier alpha value is -2.51. The van der Waals surface area contributed by atoms with Gasteiger partial charge in [-0.3, -0.25) is 0 Å². The van der Waals surface area contributed by atoms with E-state index in [0.717, 1.165) is 18.0 Å². The zero-order valence-corrected chi connectivity index (χ0v) is 9.22. The van der Waals surface area contributed by atoms with Gasteiger partial charge in [0.1, 0.15) is 5.82 Å². The summed E-state index contributed by atoms with van der Waals surface area (Å²) in [6.07, 6.45) is 2.02. The number of methoxy groups -OCH3 is 1. The number of carbonyl (C=O) groups is 1. The largest absolute Gasteiger partial charge is 0.464 e. The van der Waals surface area contributed by atoms with Crippen molar-refractivity contribution in [1.82, 2.24) is 14.8 Å². The molecule has 0 aromatic carbocycles. The Labute approximate surface area is 100.0 Å². The number of esters is 1. The first-order valence-corrected chi connectivity index (χ1v) is 4.78. The smallest absolute Gasteiger partial charge is 0.360 e. The molecule has 0 unspecified atom stereocenters. The molecule has 0 aliphatic carbocycles. The summed E-state index contributed by atoms with van der Waals surface area (Å²) < 4.78 is 31.5. The van der Waals surface area contributed by atoms with Crippen LogP contribution in [0.4, 0.5) is 14.5 Å². The summed E-state index contributed by atoms with van der Waals surface area (Å²) in [4.78, 5) is 14.8. The highest BCUT2D eigenvalue weighted by Crippen LogP contribution is 2.16. The monoisotopic (exact) mass is 254 g/mol. The van der Waals surface area contributed by atoms with Crippen molar-refractivity contribution in [2.45, 2.75) is 0 Å². The van der Waals surface area contributed by atoms with Crippen molar-refractivity contribution < 1.29 is 18.3 Å². The number of carbonyl (C=O) groups excluding carboxylic acids is 1. The van der Waals surface area contributed by atoms with Crippen molar-refractivity contribution in [1.29, 1.82) is 0 Å². The van der Waals surface area contributed by atoms with Crippen LogP contribution in [-0.2, 0) is 4.74 Å². The van der Waals surface area contributed by atoms with Crippen LogP contribution in [0.1, 0.15) is 10.5 Å². The van der Waals surface area contributed by atoms with Gasteiger partial charge in [0.25, 0.3) is 0 Å². The number of aromatic nitrogens is 3. The summed E-state index contributed by atoms with van der Waals surface area (Å²) in [7, 11) is 1.16. The molecule has 8 heteroatoms. The lowest BCUT2D eigenvalue weighted by atomic mass is 10.4. The van der Waals surface area contributed by atoms with E-state index in [4.69, 9.17) is 5.73 Å². The summed E-state index contributed by atoms with van der Waals surface area (Å²) in [6, 6.07) is 0.651. The van der Waals surface area contributed by atoms with Crippen molar-refractivity contribution in [3.8, 4) is 5.82 Å². The van der Waals surface area contributed by atoms with Crippen LogP contribution in [0.2, 0.25) is 0 Å². The van der Waals surface area contributed by atoms with Gasteiger partial charge in [0, 0.05) is 6.07 Å². The molecular formula is C10H8F2N4O2. The van der Waals surface area contributed by atoms with Gasteiger partial charge in [-0.1, -0.05) is 0 Å². The number of nitrogen functional groups attached to an aromatic ring is 1.